The van der Waals surface area contributed by atoms with Crippen LogP contribution in [0.25, 0.3) is 0 Å². The number of carbonyl (C=O) groups excluding carboxylic acids is 2. The van der Waals surface area contributed by atoms with E-state index in [1.54, 1.807) is 22.9 Å². The quantitative estimate of drug-likeness (QED) is 0.756. The predicted molar refractivity (Wildman–Crippen MR) is 57.7 cm³/mol. The van der Waals surface area contributed by atoms with Crippen molar-refractivity contribution < 1.29 is 9.59 Å². The summed E-state index contributed by atoms with van der Waals surface area (Å²) in [6, 6.07) is 3.60. The molecule has 0 saturated heterocycles. The van der Waals surface area contributed by atoms with Crippen LogP contribution < -0.4 is 5.32 Å². The molecule has 1 aromatic heterocycles. The molecule has 0 radical (unpaired) electrons. The first-order chi connectivity index (χ1) is 7.00. The van der Waals surface area contributed by atoms with Crippen LogP contribution in [0, 0.1) is 0 Å². The molecule has 4 heteroatoms. The molecule has 1 heterocycles. The summed E-state index contributed by atoms with van der Waals surface area (Å²) in [5.41, 5.74) is 0.564. The van der Waals surface area contributed by atoms with Crippen molar-refractivity contribution >= 4 is 11.7 Å². The number of amides is 1. The van der Waals surface area contributed by atoms with Gasteiger partial charge < -0.3 is 9.88 Å². The van der Waals surface area contributed by atoms with Crippen LogP contribution in [-0.2, 0) is 11.3 Å². The first kappa shape index (κ1) is 11.5. The number of nitrogens with zero attached hydrogens (tertiary/aromatic N) is 1. The van der Waals surface area contributed by atoms with Gasteiger partial charge in [0, 0.05) is 19.2 Å². The van der Waals surface area contributed by atoms with Crippen molar-refractivity contribution in [2.75, 3.05) is 0 Å². The van der Waals surface area contributed by atoms with Gasteiger partial charge in [-0.05, 0) is 26.0 Å². The minimum absolute atomic E-state index is 0.0302. The molecule has 0 aromatic carbocycles. The molecule has 0 saturated carbocycles. The molecular weight excluding hydrogens is 192 g/mol. The topological polar surface area (TPSA) is 51.1 Å². The molecule has 82 valence electrons. The van der Waals surface area contributed by atoms with Crippen molar-refractivity contribution in [1.82, 2.24) is 9.88 Å². The van der Waals surface area contributed by atoms with Gasteiger partial charge in [-0.15, -0.1) is 0 Å². The van der Waals surface area contributed by atoms with Crippen molar-refractivity contribution in [2.45, 2.75) is 33.4 Å². The molecule has 0 bridgehead atoms. The molecule has 0 spiro atoms. The van der Waals surface area contributed by atoms with E-state index in [0.29, 0.717) is 5.69 Å². The second kappa shape index (κ2) is 4.77. The maximum atomic E-state index is 11.5. The zero-order valence-electron chi connectivity index (χ0n) is 9.28. The molecule has 0 unspecified atom stereocenters. The van der Waals surface area contributed by atoms with Crippen molar-refractivity contribution in [3.8, 4) is 0 Å². The molecule has 0 aliphatic rings. The summed E-state index contributed by atoms with van der Waals surface area (Å²) in [4.78, 5) is 22.6. The Hall–Kier alpha value is -1.58. The molecular formula is C11H16N2O2. The third-order valence-electron chi connectivity index (χ3n) is 1.95. The minimum Gasteiger partial charge on any atom is -0.352 e. The van der Waals surface area contributed by atoms with Gasteiger partial charge in [-0.25, -0.2) is 0 Å². The fourth-order valence-corrected chi connectivity index (χ4v) is 1.39. The van der Waals surface area contributed by atoms with Crippen LogP contribution >= 0.6 is 0 Å². The third kappa shape index (κ3) is 3.23. The summed E-state index contributed by atoms with van der Waals surface area (Å²) in [6.45, 7) is 5.49. The van der Waals surface area contributed by atoms with Crippen LogP contribution in [0.2, 0.25) is 0 Å². The largest absolute Gasteiger partial charge is 0.352 e. The molecule has 0 atom stereocenters. The van der Waals surface area contributed by atoms with Gasteiger partial charge in [0.15, 0.2) is 5.78 Å². The number of ketones is 1. The van der Waals surface area contributed by atoms with Crippen molar-refractivity contribution in [3.63, 3.8) is 0 Å². The van der Waals surface area contributed by atoms with E-state index in [1.807, 2.05) is 13.8 Å². The number of nitrogens with one attached hydrogen (secondary N) is 1. The van der Waals surface area contributed by atoms with Crippen molar-refractivity contribution in [1.29, 1.82) is 0 Å². The molecule has 1 N–H and O–H groups in total. The standard InChI is InChI=1S/C11H16N2O2/c1-8(2)12-11(15)7-13-6-4-5-10(13)9(3)14/h4-6,8H,7H2,1-3H3,(H,12,15). The third-order valence-corrected chi connectivity index (χ3v) is 1.95. The molecule has 0 fully saturated rings. The Morgan fingerprint density at radius 1 is 1.47 bits per heavy atom. The summed E-state index contributed by atoms with van der Waals surface area (Å²) in [7, 11) is 0. The lowest BCUT2D eigenvalue weighted by molar-refractivity contribution is -0.122. The van der Waals surface area contributed by atoms with E-state index in [-0.39, 0.29) is 24.3 Å². The predicted octanol–water partition coefficient (Wildman–Crippen LogP) is 1.22. The number of hydrogen-bond acceptors (Lipinski definition) is 2. The van der Waals surface area contributed by atoms with Crippen LogP contribution in [0.1, 0.15) is 31.3 Å². The molecule has 15 heavy (non-hydrogen) atoms. The molecule has 0 aliphatic heterocycles. The average molecular weight is 208 g/mol. The Labute approximate surface area is 89.3 Å². The van der Waals surface area contributed by atoms with Gasteiger partial charge in [-0.3, -0.25) is 9.59 Å². The molecule has 1 rings (SSSR count). The Balaban J connectivity index is 2.68. The lowest BCUT2D eigenvalue weighted by Gasteiger charge is -2.10. The highest BCUT2D eigenvalue weighted by Crippen LogP contribution is 2.02. The van der Waals surface area contributed by atoms with E-state index < -0.39 is 0 Å². The van der Waals surface area contributed by atoms with Gasteiger partial charge in [0.1, 0.15) is 6.54 Å². The normalized spacial score (nSPS) is 10.4. The molecule has 0 aliphatic carbocycles. The number of Topliss-reactive ketones (excluding diaryl/α,β-unsaturated/α-hetero) is 1. The van der Waals surface area contributed by atoms with E-state index in [2.05, 4.69) is 5.32 Å². The highest BCUT2D eigenvalue weighted by Gasteiger charge is 2.09. The fourth-order valence-electron chi connectivity index (χ4n) is 1.39. The van der Waals surface area contributed by atoms with E-state index in [0.717, 1.165) is 0 Å². The lowest BCUT2D eigenvalue weighted by atomic mass is 10.3. The van der Waals surface area contributed by atoms with E-state index in [4.69, 9.17) is 0 Å². The number of rotatable bonds is 4. The maximum Gasteiger partial charge on any atom is 0.240 e. The summed E-state index contributed by atoms with van der Waals surface area (Å²) in [5, 5.41) is 2.78. The highest BCUT2D eigenvalue weighted by atomic mass is 16.2. The summed E-state index contributed by atoms with van der Waals surface area (Å²) >= 11 is 0. The Kier molecular flexibility index (Phi) is 3.66. The number of hydrogen-bond donors (Lipinski definition) is 1. The van der Waals surface area contributed by atoms with Gasteiger partial charge in [0.25, 0.3) is 0 Å². The fraction of sp³-hybridized carbons (Fsp3) is 0.455. The smallest absolute Gasteiger partial charge is 0.240 e. The van der Waals surface area contributed by atoms with E-state index in [9.17, 15) is 9.59 Å². The Bertz CT molecular complexity index is 366. The SMILES string of the molecule is CC(=O)c1cccn1CC(=O)NC(C)C. The van der Waals surface area contributed by atoms with Crippen LogP contribution in [-0.4, -0.2) is 22.3 Å². The molecule has 1 aromatic rings. The van der Waals surface area contributed by atoms with Gasteiger partial charge >= 0.3 is 0 Å². The minimum atomic E-state index is -0.0799. The maximum absolute atomic E-state index is 11.5. The van der Waals surface area contributed by atoms with E-state index in [1.165, 1.54) is 6.92 Å². The van der Waals surface area contributed by atoms with Crippen molar-refractivity contribution in [2.24, 2.45) is 0 Å². The molecule has 4 nitrogen and oxygen atoms in total. The summed E-state index contributed by atoms with van der Waals surface area (Å²) < 4.78 is 1.65. The summed E-state index contributed by atoms with van der Waals surface area (Å²) in [5.74, 6) is -0.110. The highest BCUT2D eigenvalue weighted by molar-refractivity contribution is 5.93. The van der Waals surface area contributed by atoms with Gasteiger partial charge in [0.2, 0.25) is 5.91 Å². The first-order valence-electron chi connectivity index (χ1n) is 4.96. The van der Waals surface area contributed by atoms with Crippen LogP contribution in [0.15, 0.2) is 18.3 Å². The van der Waals surface area contributed by atoms with Crippen LogP contribution in [0.5, 0.6) is 0 Å². The Morgan fingerprint density at radius 3 is 2.67 bits per heavy atom. The average Bonchev–Trinajstić information content (AvgIpc) is 2.50. The monoisotopic (exact) mass is 208 g/mol. The van der Waals surface area contributed by atoms with Gasteiger partial charge in [-0.2, -0.15) is 0 Å². The Morgan fingerprint density at radius 2 is 2.13 bits per heavy atom. The molecule has 1 amide bonds. The van der Waals surface area contributed by atoms with Gasteiger partial charge in [-0.1, -0.05) is 0 Å². The summed E-state index contributed by atoms with van der Waals surface area (Å²) in [6.07, 6.45) is 1.73. The van der Waals surface area contributed by atoms with Crippen LogP contribution in [0.3, 0.4) is 0 Å². The van der Waals surface area contributed by atoms with Crippen LogP contribution in [0.4, 0.5) is 0 Å². The second-order valence-corrected chi connectivity index (χ2v) is 3.80. The van der Waals surface area contributed by atoms with E-state index >= 15 is 0 Å². The zero-order valence-corrected chi connectivity index (χ0v) is 9.28. The first-order valence-corrected chi connectivity index (χ1v) is 4.96. The second-order valence-electron chi connectivity index (χ2n) is 3.80. The zero-order chi connectivity index (χ0) is 11.4. The number of carbonyl (C=O) groups is 2. The van der Waals surface area contributed by atoms with Crippen molar-refractivity contribution in [3.05, 3.63) is 24.0 Å². The number of aromatic nitrogens is 1. The van der Waals surface area contributed by atoms with Gasteiger partial charge in [0.05, 0.1) is 5.69 Å². The lowest BCUT2D eigenvalue weighted by Crippen LogP contribution is -2.33.